The van der Waals surface area contributed by atoms with Gasteiger partial charge in [0.2, 0.25) is 0 Å². The average Bonchev–Trinajstić information content (AvgIpc) is 2.57. The molecule has 0 aromatic heterocycles. The van der Waals surface area contributed by atoms with E-state index < -0.39 is 0 Å². The Labute approximate surface area is 145 Å². The number of morpholine rings is 1. The Hall–Kier alpha value is -1.11. The molecule has 6 nitrogen and oxygen atoms in total. The minimum absolute atomic E-state index is 0.0416. The van der Waals surface area contributed by atoms with E-state index in [-0.39, 0.29) is 11.6 Å². The van der Waals surface area contributed by atoms with Gasteiger partial charge in [0.05, 0.1) is 19.3 Å². The Morgan fingerprint density at radius 2 is 2.12 bits per heavy atom. The van der Waals surface area contributed by atoms with Crippen molar-refractivity contribution in [1.82, 2.24) is 15.1 Å². The lowest BCUT2D eigenvalue weighted by Gasteiger charge is -2.55. The maximum Gasteiger partial charge on any atom is 0.317 e. The van der Waals surface area contributed by atoms with Crippen molar-refractivity contribution in [3.8, 4) is 0 Å². The number of hydrogen-bond acceptors (Lipinski definition) is 4. The summed E-state index contributed by atoms with van der Waals surface area (Å²) in [6, 6.07) is 0.0648. The van der Waals surface area contributed by atoms with Gasteiger partial charge in [0.1, 0.15) is 0 Å². The third-order valence-electron chi connectivity index (χ3n) is 5.49. The monoisotopic (exact) mass is 337 g/mol. The number of ether oxygens (including phenoxy) is 2. The van der Waals surface area contributed by atoms with E-state index >= 15 is 0 Å². The molecule has 6 heteroatoms. The molecule has 2 amide bonds. The molecular formula is C18H31N3O3. The Morgan fingerprint density at radius 1 is 1.38 bits per heavy atom. The summed E-state index contributed by atoms with van der Waals surface area (Å²) in [6.07, 6.45) is 5.51. The highest BCUT2D eigenvalue weighted by Crippen LogP contribution is 2.40. The van der Waals surface area contributed by atoms with Crippen LogP contribution >= 0.6 is 0 Å². The zero-order valence-electron chi connectivity index (χ0n) is 15.1. The molecule has 0 radical (unpaired) electrons. The first-order valence-electron chi connectivity index (χ1n) is 9.26. The molecular weight excluding hydrogens is 306 g/mol. The van der Waals surface area contributed by atoms with Gasteiger partial charge in [0, 0.05) is 44.9 Å². The summed E-state index contributed by atoms with van der Waals surface area (Å²) in [5.74, 6) is 0. The average molecular weight is 337 g/mol. The van der Waals surface area contributed by atoms with Crippen LogP contribution in [-0.2, 0) is 9.47 Å². The Balaban J connectivity index is 1.56. The summed E-state index contributed by atoms with van der Waals surface area (Å²) < 4.78 is 11.3. The third kappa shape index (κ3) is 3.92. The molecule has 1 saturated carbocycles. The standard InChI is InChI=1S/C18H31N3O3/c1-3-24-16-11-18(12-16,21-7-9-23-10-8-21)14-19-17(22)20-6-4-5-15(2)13-20/h5,16H,3-4,6-14H2,1-2H3,(H,19,22). The van der Waals surface area contributed by atoms with Crippen molar-refractivity contribution in [2.45, 2.75) is 44.8 Å². The van der Waals surface area contributed by atoms with Gasteiger partial charge < -0.3 is 19.7 Å². The van der Waals surface area contributed by atoms with E-state index in [0.29, 0.717) is 12.6 Å². The van der Waals surface area contributed by atoms with Crippen LogP contribution < -0.4 is 5.32 Å². The second kappa shape index (κ2) is 7.85. The van der Waals surface area contributed by atoms with Crippen molar-refractivity contribution in [3.05, 3.63) is 11.6 Å². The lowest BCUT2D eigenvalue weighted by Crippen LogP contribution is -2.67. The normalized spacial score (nSPS) is 31.3. The lowest BCUT2D eigenvalue weighted by atomic mass is 9.72. The van der Waals surface area contributed by atoms with Crippen LogP contribution in [0.15, 0.2) is 11.6 Å². The zero-order valence-corrected chi connectivity index (χ0v) is 15.1. The molecule has 3 rings (SSSR count). The molecule has 0 aromatic carbocycles. The minimum Gasteiger partial charge on any atom is -0.379 e. The Bertz CT molecular complexity index is 468. The first-order valence-corrected chi connectivity index (χ1v) is 9.26. The topological polar surface area (TPSA) is 54.0 Å². The number of nitrogens with zero attached hydrogens (tertiary/aromatic N) is 2. The van der Waals surface area contributed by atoms with Gasteiger partial charge in [0.25, 0.3) is 0 Å². The molecule has 1 saturated heterocycles. The number of carbonyl (C=O) groups excluding carboxylic acids is 1. The molecule has 0 aromatic rings. The van der Waals surface area contributed by atoms with Crippen LogP contribution in [0.4, 0.5) is 4.79 Å². The molecule has 0 spiro atoms. The highest BCUT2D eigenvalue weighted by atomic mass is 16.5. The summed E-state index contributed by atoms with van der Waals surface area (Å²) in [5.41, 5.74) is 1.32. The summed E-state index contributed by atoms with van der Waals surface area (Å²) in [5, 5.41) is 3.20. The maximum atomic E-state index is 12.5. The maximum absolute atomic E-state index is 12.5. The zero-order chi connectivity index (χ0) is 17.0. The Morgan fingerprint density at radius 3 is 2.79 bits per heavy atom. The number of carbonyl (C=O) groups is 1. The predicted octanol–water partition coefficient (Wildman–Crippen LogP) is 1.62. The van der Waals surface area contributed by atoms with Crippen molar-refractivity contribution in [2.24, 2.45) is 0 Å². The number of nitrogens with one attached hydrogen (secondary N) is 1. The van der Waals surface area contributed by atoms with Gasteiger partial charge in [-0.2, -0.15) is 0 Å². The van der Waals surface area contributed by atoms with Crippen LogP contribution in [-0.4, -0.2) is 80.0 Å². The van der Waals surface area contributed by atoms with E-state index in [4.69, 9.17) is 9.47 Å². The van der Waals surface area contributed by atoms with Crippen LogP contribution in [0.5, 0.6) is 0 Å². The van der Waals surface area contributed by atoms with Gasteiger partial charge >= 0.3 is 6.03 Å². The smallest absolute Gasteiger partial charge is 0.317 e. The molecule has 0 unspecified atom stereocenters. The van der Waals surface area contributed by atoms with Gasteiger partial charge in [-0.1, -0.05) is 11.6 Å². The van der Waals surface area contributed by atoms with Crippen LogP contribution in [0, 0.1) is 0 Å². The highest BCUT2D eigenvalue weighted by Gasteiger charge is 2.49. The van der Waals surface area contributed by atoms with Gasteiger partial charge in [0.15, 0.2) is 0 Å². The predicted molar refractivity (Wildman–Crippen MR) is 93.1 cm³/mol. The summed E-state index contributed by atoms with van der Waals surface area (Å²) >= 11 is 0. The van der Waals surface area contributed by atoms with E-state index in [1.54, 1.807) is 0 Å². The van der Waals surface area contributed by atoms with Gasteiger partial charge in [-0.3, -0.25) is 4.90 Å². The quantitative estimate of drug-likeness (QED) is 0.775. The van der Waals surface area contributed by atoms with E-state index in [9.17, 15) is 4.79 Å². The van der Waals surface area contributed by atoms with E-state index in [1.807, 2.05) is 11.8 Å². The summed E-state index contributed by atoms with van der Waals surface area (Å²) in [4.78, 5) is 16.9. The lowest BCUT2D eigenvalue weighted by molar-refractivity contribution is -0.124. The van der Waals surface area contributed by atoms with Crippen molar-refractivity contribution in [1.29, 1.82) is 0 Å². The molecule has 2 fully saturated rings. The van der Waals surface area contributed by atoms with Gasteiger partial charge in [-0.25, -0.2) is 4.79 Å². The first-order chi connectivity index (χ1) is 11.6. The fourth-order valence-corrected chi connectivity index (χ4v) is 4.13. The third-order valence-corrected chi connectivity index (χ3v) is 5.49. The second-order valence-electron chi connectivity index (χ2n) is 7.23. The molecule has 136 valence electrons. The fraction of sp³-hybridized carbons (Fsp3) is 0.833. The fourth-order valence-electron chi connectivity index (χ4n) is 4.13. The number of amides is 2. The van der Waals surface area contributed by atoms with Crippen molar-refractivity contribution in [3.63, 3.8) is 0 Å². The SMILES string of the molecule is CCOC1CC(CNC(=O)N2CCC=C(C)C2)(N2CCOCC2)C1. The van der Waals surface area contributed by atoms with Crippen LogP contribution in [0.3, 0.4) is 0 Å². The largest absolute Gasteiger partial charge is 0.379 e. The number of urea groups is 1. The van der Waals surface area contributed by atoms with Crippen molar-refractivity contribution >= 4 is 6.03 Å². The van der Waals surface area contributed by atoms with Gasteiger partial charge in [-0.15, -0.1) is 0 Å². The second-order valence-corrected chi connectivity index (χ2v) is 7.23. The molecule has 2 heterocycles. The number of hydrogen-bond donors (Lipinski definition) is 1. The first kappa shape index (κ1) is 17.7. The molecule has 0 atom stereocenters. The molecule has 1 aliphatic carbocycles. The Kier molecular flexibility index (Phi) is 5.79. The van der Waals surface area contributed by atoms with E-state index in [2.05, 4.69) is 23.2 Å². The van der Waals surface area contributed by atoms with Gasteiger partial charge in [-0.05, 0) is 33.1 Å². The molecule has 0 bridgehead atoms. The molecule has 3 aliphatic rings. The minimum atomic E-state index is 0.0416. The molecule has 1 N–H and O–H groups in total. The summed E-state index contributed by atoms with van der Waals surface area (Å²) in [7, 11) is 0. The van der Waals surface area contributed by atoms with E-state index in [0.717, 1.165) is 65.3 Å². The molecule has 24 heavy (non-hydrogen) atoms. The van der Waals surface area contributed by atoms with Crippen molar-refractivity contribution in [2.75, 3.05) is 52.5 Å². The van der Waals surface area contributed by atoms with E-state index in [1.165, 1.54) is 5.57 Å². The number of rotatable bonds is 5. The highest BCUT2D eigenvalue weighted by molar-refractivity contribution is 5.74. The molecule has 2 aliphatic heterocycles. The van der Waals surface area contributed by atoms with Crippen LogP contribution in [0.1, 0.15) is 33.1 Å². The van der Waals surface area contributed by atoms with Crippen LogP contribution in [0.2, 0.25) is 0 Å². The van der Waals surface area contributed by atoms with Crippen molar-refractivity contribution < 1.29 is 14.3 Å². The summed E-state index contributed by atoms with van der Waals surface area (Å²) in [6.45, 7) is 10.6. The van der Waals surface area contributed by atoms with Crippen LogP contribution in [0.25, 0.3) is 0 Å².